The topological polar surface area (TPSA) is 104 Å². The lowest BCUT2D eigenvalue weighted by atomic mass is 9.95. The minimum Gasteiger partial charge on any atom is -0.352 e. The highest BCUT2D eigenvalue weighted by molar-refractivity contribution is 7.92. The highest BCUT2D eigenvalue weighted by atomic mass is 35.5. The second kappa shape index (κ2) is 9.34. The molecule has 1 aliphatic rings. The molecular weight excluding hydrogens is 378 g/mol. The van der Waals surface area contributed by atoms with Gasteiger partial charge < -0.3 is 16.0 Å². The summed E-state index contributed by atoms with van der Waals surface area (Å²) >= 11 is 0. The van der Waals surface area contributed by atoms with Crippen molar-refractivity contribution < 1.29 is 18.0 Å². The van der Waals surface area contributed by atoms with Gasteiger partial charge in [0.1, 0.15) is 0 Å². The summed E-state index contributed by atoms with van der Waals surface area (Å²) in [6.45, 7) is 3.47. The van der Waals surface area contributed by atoms with Crippen molar-refractivity contribution >= 4 is 39.7 Å². The van der Waals surface area contributed by atoms with Crippen LogP contribution in [0.15, 0.2) is 24.3 Å². The van der Waals surface area contributed by atoms with E-state index in [4.69, 9.17) is 0 Å². The molecule has 1 fully saturated rings. The lowest BCUT2D eigenvalue weighted by molar-refractivity contribution is -0.119. The smallest absolute Gasteiger partial charge is 0.251 e. The van der Waals surface area contributed by atoms with Crippen molar-refractivity contribution in [3.8, 4) is 0 Å². The van der Waals surface area contributed by atoms with Crippen molar-refractivity contribution in [3.63, 3.8) is 0 Å². The summed E-state index contributed by atoms with van der Waals surface area (Å²) in [4.78, 5) is 24.8. The van der Waals surface area contributed by atoms with Crippen molar-refractivity contribution in [2.24, 2.45) is 0 Å². The third-order valence-electron chi connectivity index (χ3n) is 4.45. The van der Waals surface area contributed by atoms with Gasteiger partial charge in [0.25, 0.3) is 5.91 Å². The first-order chi connectivity index (χ1) is 11.8. The fourth-order valence-corrected chi connectivity index (χ4v) is 4.25. The van der Waals surface area contributed by atoms with E-state index in [-0.39, 0.29) is 31.2 Å². The van der Waals surface area contributed by atoms with Gasteiger partial charge in [-0.15, -0.1) is 12.4 Å². The maximum Gasteiger partial charge on any atom is 0.251 e. The largest absolute Gasteiger partial charge is 0.352 e. The van der Waals surface area contributed by atoms with Crippen molar-refractivity contribution in [2.75, 3.05) is 31.2 Å². The predicted molar refractivity (Wildman–Crippen MR) is 105 cm³/mol. The number of anilines is 1. The van der Waals surface area contributed by atoms with Gasteiger partial charge in [0.2, 0.25) is 5.91 Å². The molecule has 7 nitrogen and oxygen atoms in total. The number of halogens is 1. The quantitative estimate of drug-likeness (QED) is 0.665. The van der Waals surface area contributed by atoms with Crippen LogP contribution in [0.3, 0.4) is 0 Å². The van der Waals surface area contributed by atoms with E-state index in [0.717, 1.165) is 12.7 Å². The van der Waals surface area contributed by atoms with E-state index in [1.807, 2.05) is 6.92 Å². The van der Waals surface area contributed by atoms with Crippen LogP contribution in [0.5, 0.6) is 0 Å². The molecule has 1 saturated heterocycles. The number of carbonyl (C=O) groups is 2. The number of benzene rings is 1. The van der Waals surface area contributed by atoms with Crippen LogP contribution in [0.2, 0.25) is 0 Å². The number of sulfone groups is 1. The van der Waals surface area contributed by atoms with Gasteiger partial charge in [-0.25, -0.2) is 8.42 Å². The van der Waals surface area contributed by atoms with Crippen LogP contribution in [0.1, 0.15) is 36.5 Å². The zero-order valence-electron chi connectivity index (χ0n) is 15.0. The van der Waals surface area contributed by atoms with Crippen LogP contribution in [-0.2, 0) is 14.6 Å². The Bertz CT molecular complexity index is 746. The summed E-state index contributed by atoms with van der Waals surface area (Å²) in [5.74, 6) is -0.764. The van der Waals surface area contributed by atoms with Crippen molar-refractivity contribution in [3.05, 3.63) is 29.8 Å². The summed E-state index contributed by atoms with van der Waals surface area (Å²) in [5.41, 5.74) is 0.834. The molecule has 0 radical (unpaired) electrons. The number of nitrogens with one attached hydrogen (secondary N) is 3. The van der Waals surface area contributed by atoms with Gasteiger partial charge in [-0.3, -0.25) is 9.59 Å². The number of piperidine rings is 1. The molecular formula is C17H26ClN3O4S. The average Bonchev–Trinajstić information content (AvgIpc) is 2.59. The second-order valence-corrected chi connectivity index (χ2v) is 8.63. The van der Waals surface area contributed by atoms with Crippen LogP contribution in [0.25, 0.3) is 0 Å². The molecule has 26 heavy (non-hydrogen) atoms. The lowest BCUT2D eigenvalue weighted by Crippen LogP contribution is -2.55. The second-order valence-electron chi connectivity index (χ2n) is 6.31. The third kappa shape index (κ3) is 4.96. The normalized spacial score (nSPS) is 16.2. The molecule has 1 heterocycles. The molecule has 2 rings (SSSR count). The minimum absolute atomic E-state index is 0. The Morgan fingerprint density at radius 2 is 1.88 bits per heavy atom. The van der Waals surface area contributed by atoms with Crippen molar-refractivity contribution in [1.82, 2.24) is 10.6 Å². The number of rotatable bonds is 6. The van der Waals surface area contributed by atoms with Crippen LogP contribution in [0, 0.1) is 0 Å². The van der Waals surface area contributed by atoms with Gasteiger partial charge in [0.05, 0.1) is 0 Å². The van der Waals surface area contributed by atoms with Gasteiger partial charge in [-0.1, -0.05) is 13.0 Å². The maximum atomic E-state index is 12.8. The van der Waals surface area contributed by atoms with Gasteiger partial charge >= 0.3 is 0 Å². The molecule has 2 amide bonds. The highest BCUT2D eigenvalue weighted by Crippen LogP contribution is 2.29. The van der Waals surface area contributed by atoms with E-state index in [1.165, 1.54) is 0 Å². The Hall–Kier alpha value is -1.64. The van der Waals surface area contributed by atoms with Crippen molar-refractivity contribution in [1.29, 1.82) is 0 Å². The summed E-state index contributed by atoms with van der Waals surface area (Å²) in [6, 6.07) is 6.51. The van der Waals surface area contributed by atoms with Crippen LogP contribution in [0.4, 0.5) is 5.69 Å². The fourth-order valence-electron chi connectivity index (χ4n) is 2.92. The molecule has 0 atom stereocenters. The van der Waals surface area contributed by atoms with Crippen LogP contribution < -0.4 is 16.0 Å². The van der Waals surface area contributed by atoms with E-state index in [1.54, 1.807) is 24.3 Å². The van der Waals surface area contributed by atoms with E-state index in [0.29, 0.717) is 30.9 Å². The zero-order chi connectivity index (χ0) is 18.5. The van der Waals surface area contributed by atoms with E-state index < -0.39 is 20.5 Å². The zero-order valence-corrected chi connectivity index (χ0v) is 16.6. The summed E-state index contributed by atoms with van der Waals surface area (Å²) in [6.07, 6.45) is 2.39. The average molecular weight is 404 g/mol. The Balaban J connectivity index is 0.00000338. The van der Waals surface area contributed by atoms with Gasteiger partial charge in [-0.05, 0) is 50.6 Å². The lowest BCUT2D eigenvalue weighted by Gasteiger charge is -2.34. The summed E-state index contributed by atoms with van der Waals surface area (Å²) in [5, 5.41) is 8.53. The summed E-state index contributed by atoms with van der Waals surface area (Å²) < 4.78 is 23.1. The van der Waals surface area contributed by atoms with Crippen molar-refractivity contribution in [2.45, 2.75) is 30.9 Å². The molecule has 1 aromatic rings. The molecule has 146 valence electrons. The first-order valence-electron chi connectivity index (χ1n) is 8.40. The first kappa shape index (κ1) is 22.4. The standard InChI is InChI=1S/C17H25N3O4S.ClH/c1-3-9-19-15(21)13-5-4-6-14(12-13)20-16(22)17(25(2,23)24)7-10-18-11-8-17;/h4-6,12,18H,3,7-11H2,1-2H3,(H,19,21)(H,20,22);1H. The molecule has 3 N–H and O–H groups in total. The molecule has 0 aromatic heterocycles. The Morgan fingerprint density at radius 1 is 1.23 bits per heavy atom. The fraction of sp³-hybridized carbons (Fsp3) is 0.529. The molecule has 0 saturated carbocycles. The molecule has 0 unspecified atom stereocenters. The van der Waals surface area contributed by atoms with Gasteiger partial charge in [0, 0.05) is 24.1 Å². The maximum absolute atomic E-state index is 12.8. The van der Waals surface area contributed by atoms with Crippen LogP contribution >= 0.6 is 12.4 Å². The molecule has 0 aliphatic carbocycles. The Kier molecular flexibility index (Phi) is 8.05. The predicted octanol–water partition coefficient (Wildman–Crippen LogP) is 1.35. The Labute approximate surface area is 160 Å². The minimum atomic E-state index is -3.58. The molecule has 9 heteroatoms. The number of carbonyl (C=O) groups excluding carboxylic acids is 2. The van der Waals surface area contributed by atoms with E-state index in [2.05, 4.69) is 16.0 Å². The SMILES string of the molecule is CCCNC(=O)c1cccc(NC(=O)C2(S(C)(=O)=O)CCNCC2)c1.Cl. The molecule has 0 spiro atoms. The number of amides is 2. The Morgan fingerprint density at radius 3 is 2.46 bits per heavy atom. The van der Waals surface area contributed by atoms with E-state index >= 15 is 0 Å². The first-order valence-corrected chi connectivity index (χ1v) is 10.3. The van der Waals surface area contributed by atoms with Gasteiger partial charge in [0.15, 0.2) is 14.6 Å². The van der Waals surface area contributed by atoms with E-state index in [9.17, 15) is 18.0 Å². The van der Waals surface area contributed by atoms with Crippen LogP contribution in [-0.4, -0.2) is 50.9 Å². The summed E-state index contributed by atoms with van der Waals surface area (Å²) in [7, 11) is -3.58. The third-order valence-corrected chi connectivity index (χ3v) is 6.47. The number of hydrogen-bond donors (Lipinski definition) is 3. The monoisotopic (exact) mass is 403 g/mol. The highest BCUT2D eigenvalue weighted by Gasteiger charge is 2.48. The molecule has 1 aliphatic heterocycles. The molecule has 1 aromatic carbocycles. The number of hydrogen-bond acceptors (Lipinski definition) is 5. The molecule has 0 bridgehead atoms. The van der Waals surface area contributed by atoms with Gasteiger partial charge in [-0.2, -0.15) is 0 Å².